The van der Waals surface area contributed by atoms with Crippen molar-refractivity contribution in [3.8, 4) is 11.5 Å². The molecule has 1 aromatic heterocycles. The number of halogens is 1. The summed E-state index contributed by atoms with van der Waals surface area (Å²) >= 11 is 6.40. The van der Waals surface area contributed by atoms with Gasteiger partial charge in [0.25, 0.3) is 0 Å². The Kier molecular flexibility index (Phi) is 3.43. The number of benzene rings is 2. The van der Waals surface area contributed by atoms with E-state index in [0.29, 0.717) is 17.0 Å². The molecule has 5 nitrogen and oxygen atoms in total. The molecule has 0 saturated heterocycles. The molecule has 2 aromatic carbocycles. The van der Waals surface area contributed by atoms with E-state index in [1.807, 2.05) is 41.4 Å². The summed E-state index contributed by atoms with van der Waals surface area (Å²) in [5.74, 6) is 1.68. The second kappa shape index (κ2) is 5.81. The van der Waals surface area contributed by atoms with Crippen LogP contribution in [0, 0.1) is 0 Å². The summed E-state index contributed by atoms with van der Waals surface area (Å²) in [5.41, 5.74) is 2.61. The number of furan rings is 1. The lowest BCUT2D eigenvalue weighted by Crippen LogP contribution is -2.33. The first-order valence-corrected chi connectivity index (χ1v) is 8.72. The molecule has 2 atom stereocenters. The van der Waals surface area contributed by atoms with Crippen LogP contribution >= 0.6 is 11.6 Å². The molecule has 0 bridgehead atoms. The van der Waals surface area contributed by atoms with E-state index in [1.54, 1.807) is 24.5 Å². The smallest absolute Gasteiger partial charge is 0.215 e. The Morgan fingerprint density at radius 3 is 2.81 bits per heavy atom. The van der Waals surface area contributed by atoms with Crippen LogP contribution < -0.4 is 4.74 Å². The van der Waals surface area contributed by atoms with Gasteiger partial charge < -0.3 is 14.3 Å². The van der Waals surface area contributed by atoms with Crippen molar-refractivity contribution < 1.29 is 14.3 Å². The highest BCUT2D eigenvalue weighted by Gasteiger charge is 2.42. The fourth-order valence-electron chi connectivity index (χ4n) is 3.55. The fraction of sp³-hybridized carbons (Fsp3) is 0.150. The molecule has 6 heteroatoms. The van der Waals surface area contributed by atoms with Gasteiger partial charge in [0, 0.05) is 22.6 Å². The van der Waals surface area contributed by atoms with Crippen LogP contribution in [0.4, 0.5) is 0 Å². The maximum absolute atomic E-state index is 9.92. The van der Waals surface area contributed by atoms with Crippen molar-refractivity contribution in [2.45, 2.75) is 18.7 Å². The van der Waals surface area contributed by atoms with Crippen molar-refractivity contribution in [2.24, 2.45) is 5.10 Å². The van der Waals surface area contributed by atoms with Crippen molar-refractivity contribution in [3.05, 3.63) is 82.8 Å². The van der Waals surface area contributed by atoms with Crippen molar-refractivity contribution in [2.75, 3.05) is 0 Å². The summed E-state index contributed by atoms with van der Waals surface area (Å²) in [6, 6.07) is 16.5. The second-order valence-corrected chi connectivity index (χ2v) is 6.74. The topological polar surface area (TPSA) is 58.2 Å². The number of para-hydroxylation sites is 1. The first-order chi connectivity index (χ1) is 12.7. The number of hydrogen-bond acceptors (Lipinski definition) is 5. The SMILES string of the molecule is Oc1ccc(Cl)c([C@H]2Oc3ccccc3[C@H]3CC(c4ccco4)=NN32)c1. The maximum Gasteiger partial charge on any atom is 0.215 e. The van der Waals surface area contributed by atoms with E-state index in [9.17, 15) is 5.11 Å². The molecule has 5 rings (SSSR count). The minimum Gasteiger partial charge on any atom is -0.508 e. The van der Waals surface area contributed by atoms with Crippen LogP contribution in [0.15, 0.2) is 70.4 Å². The predicted octanol–water partition coefficient (Wildman–Crippen LogP) is 4.88. The van der Waals surface area contributed by atoms with E-state index in [1.165, 1.54) is 0 Å². The molecular weight excluding hydrogens is 352 g/mol. The quantitative estimate of drug-likeness (QED) is 0.702. The van der Waals surface area contributed by atoms with Crippen LogP contribution in [0.3, 0.4) is 0 Å². The van der Waals surface area contributed by atoms with Gasteiger partial charge in [-0.05, 0) is 36.4 Å². The summed E-state index contributed by atoms with van der Waals surface area (Å²) in [6.07, 6.45) is 1.83. The second-order valence-electron chi connectivity index (χ2n) is 6.34. The number of fused-ring (bicyclic) bond motifs is 3. The normalized spacial score (nSPS) is 21.0. The third kappa shape index (κ3) is 2.35. The van der Waals surface area contributed by atoms with Gasteiger partial charge in [0.1, 0.15) is 23.0 Å². The zero-order chi connectivity index (χ0) is 17.7. The molecule has 3 aromatic rings. The Labute approximate surface area is 155 Å². The van der Waals surface area contributed by atoms with Gasteiger partial charge in [-0.1, -0.05) is 29.8 Å². The van der Waals surface area contributed by atoms with Crippen LogP contribution in [-0.2, 0) is 0 Å². The third-order valence-electron chi connectivity index (χ3n) is 4.75. The van der Waals surface area contributed by atoms with Gasteiger partial charge in [-0.3, -0.25) is 0 Å². The fourth-order valence-corrected chi connectivity index (χ4v) is 3.76. The molecule has 2 aliphatic heterocycles. The first kappa shape index (κ1) is 15.3. The molecule has 0 unspecified atom stereocenters. The van der Waals surface area contributed by atoms with Crippen LogP contribution in [-0.4, -0.2) is 15.8 Å². The van der Waals surface area contributed by atoms with Crippen LogP contribution in [0.25, 0.3) is 0 Å². The lowest BCUT2D eigenvalue weighted by Gasteiger charge is -2.38. The zero-order valence-electron chi connectivity index (χ0n) is 13.7. The summed E-state index contributed by atoms with van der Waals surface area (Å²) in [4.78, 5) is 0. The molecule has 0 spiro atoms. The Hall–Kier alpha value is -2.92. The minimum atomic E-state index is -0.526. The predicted molar refractivity (Wildman–Crippen MR) is 97.4 cm³/mol. The monoisotopic (exact) mass is 366 g/mol. The molecule has 1 N–H and O–H groups in total. The van der Waals surface area contributed by atoms with Gasteiger partial charge in [0.2, 0.25) is 6.23 Å². The van der Waals surface area contributed by atoms with E-state index in [0.717, 1.165) is 22.8 Å². The number of phenols is 1. The lowest BCUT2D eigenvalue weighted by molar-refractivity contribution is -0.0190. The number of hydrazone groups is 1. The van der Waals surface area contributed by atoms with Gasteiger partial charge >= 0.3 is 0 Å². The summed E-state index contributed by atoms with van der Waals surface area (Å²) in [7, 11) is 0. The molecule has 0 aliphatic carbocycles. The molecule has 3 heterocycles. The molecule has 0 saturated carbocycles. The molecule has 2 aliphatic rings. The number of ether oxygens (including phenoxy) is 1. The number of aromatic hydroxyl groups is 1. The maximum atomic E-state index is 9.92. The van der Waals surface area contributed by atoms with E-state index in [-0.39, 0.29) is 11.8 Å². The average molecular weight is 367 g/mol. The van der Waals surface area contributed by atoms with E-state index in [2.05, 4.69) is 0 Å². The first-order valence-electron chi connectivity index (χ1n) is 8.34. The van der Waals surface area contributed by atoms with Crippen molar-refractivity contribution in [3.63, 3.8) is 0 Å². The summed E-state index contributed by atoms with van der Waals surface area (Å²) in [5, 5.41) is 17.1. The van der Waals surface area contributed by atoms with Gasteiger partial charge in [-0.15, -0.1) is 0 Å². The largest absolute Gasteiger partial charge is 0.508 e. The molecule has 0 radical (unpaired) electrons. The van der Waals surface area contributed by atoms with E-state index >= 15 is 0 Å². The Morgan fingerprint density at radius 2 is 1.96 bits per heavy atom. The minimum absolute atomic E-state index is 0.0171. The van der Waals surface area contributed by atoms with Gasteiger partial charge in [-0.25, -0.2) is 5.01 Å². The standard InChI is InChI=1S/C20H15ClN2O3/c21-15-8-7-12(24)10-14(15)20-23-17(13-4-1-2-5-18(13)26-20)11-16(22-23)19-6-3-9-25-19/h1-10,17,20,24H,11H2/t17-,20-/m1/s1. The third-order valence-corrected chi connectivity index (χ3v) is 5.09. The summed E-state index contributed by atoms with van der Waals surface area (Å²) < 4.78 is 11.8. The zero-order valence-corrected chi connectivity index (χ0v) is 14.4. The Balaban J connectivity index is 1.64. The number of phenolic OH excluding ortho intramolecular Hbond substituents is 1. The van der Waals surface area contributed by atoms with Crippen LogP contribution in [0.5, 0.6) is 11.5 Å². The highest BCUT2D eigenvalue weighted by atomic mass is 35.5. The number of nitrogens with zero attached hydrogens (tertiary/aromatic N) is 2. The van der Waals surface area contributed by atoms with Gasteiger partial charge in [0.15, 0.2) is 0 Å². The molecular formula is C20H15ClN2O3. The van der Waals surface area contributed by atoms with Crippen molar-refractivity contribution >= 4 is 17.3 Å². The van der Waals surface area contributed by atoms with E-state index in [4.69, 9.17) is 25.9 Å². The molecule has 0 fully saturated rings. The van der Waals surface area contributed by atoms with Crippen molar-refractivity contribution in [1.29, 1.82) is 0 Å². The average Bonchev–Trinajstić information content (AvgIpc) is 3.32. The summed E-state index contributed by atoms with van der Waals surface area (Å²) in [6.45, 7) is 0. The Morgan fingerprint density at radius 1 is 1.08 bits per heavy atom. The highest BCUT2D eigenvalue weighted by Crippen LogP contribution is 2.48. The number of hydrogen-bond donors (Lipinski definition) is 1. The molecule has 130 valence electrons. The molecule has 26 heavy (non-hydrogen) atoms. The van der Waals surface area contributed by atoms with Gasteiger partial charge in [-0.2, -0.15) is 5.10 Å². The lowest BCUT2D eigenvalue weighted by atomic mass is 9.97. The van der Waals surface area contributed by atoms with Crippen LogP contribution in [0.2, 0.25) is 5.02 Å². The van der Waals surface area contributed by atoms with Crippen molar-refractivity contribution in [1.82, 2.24) is 5.01 Å². The Bertz CT molecular complexity index is 1000. The van der Waals surface area contributed by atoms with Crippen LogP contribution in [0.1, 0.15) is 35.6 Å². The molecule has 0 amide bonds. The highest BCUT2D eigenvalue weighted by molar-refractivity contribution is 6.31. The van der Waals surface area contributed by atoms with E-state index < -0.39 is 6.23 Å². The van der Waals surface area contributed by atoms with Gasteiger partial charge in [0.05, 0.1) is 12.3 Å². The number of rotatable bonds is 2.